The molecule has 2 aliphatic rings. The van der Waals surface area contributed by atoms with Gasteiger partial charge in [0.25, 0.3) is 0 Å². The Hall–Kier alpha value is -2.02. The zero-order chi connectivity index (χ0) is 48.2. The molecule has 0 radical (unpaired) electrons. The summed E-state index contributed by atoms with van der Waals surface area (Å²) in [6.45, 7) is 2.56. The van der Waals surface area contributed by atoms with Crippen LogP contribution in [0.4, 0.5) is 0 Å². The predicted octanol–water partition coefficient (Wildman–Crippen LogP) is 7.16. The average Bonchev–Trinajstić information content (AvgIpc) is 3.31. The van der Waals surface area contributed by atoms with Gasteiger partial charge in [-0.05, 0) is 44.9 Å². The standard InChI is InChI=1S/C51H92O15/c1-3-5-7-9-11-13-15-17-19-21-23-25-27-29-31-33-42(53)61-36-39(64-43(54)34-32-30-28-26-24-22-20-18-16-14-12-10-8-6-4-2)37-62-50-49(60)47(58)45(56)41(66-50)38-63-51-48(59)46(57)44(55)40(35-52)65-51/h11,13,17,19,39-41,44-52,55-60H,3-10,12,14-16,18,20-38H2,1-2H3/b13-11-,19-17-/t39-,40+,41+,44-,45-,46-,47-,48+,49+,50+,51-/m0/s1. The predicted molar refractivity (Wildman–Crippen MR) is 252 cm³/mol. The van der Waals surface area contributed by atoms with Gasteiger partial charge in [0.2, 0.25) is 0 Å². The van der Waals surface area contributed by atoms with Crippen molar-refractivity contribution in [1.82, 2.24) is 0 Å². The SMILES string of the molecule is CCCCC/C=C\C/C=C\CCCCCCCC(=O)OC[C@@H](CO[C@@H]1O[C@H](CO[C@H]2O[C@H](CO)[C@H](O)[C@H](O)[C@H]2O)[C@H](O)[C@H](O)[C@H]1O)OC(=O)CCCCCCCCCCCCCCCCC. The van der Waals surface area contributed by atoms with E-state index in [0.717, 1.165) is 64.2 Å². The van der Waals surface area contributed by atoms with Gasteiger partial charge in [-0.1, -0.05) is 160 Å². The molecule has 0 unspecified atom stereocenters. The third-order valence-corrected chi connectivity index (χ3v) is 12.4. The molecule has 2 saturated heterocycles. The maximum Gasteiger partial charge on any atom is 0.306 e. The fourth-order valence-electron chi connectivity index (χ4n) is 8.13. The highest BCUT2D eigenvalue weighted by molar-refractivity contribution is 5.70. The van der Waals surface area contributed by atoms with E-state index >= 15 is 0 Å². The Morgan fingerprint density at radius 3 is 1.44 bits per heavy atom. The van der Waals surface area contributed by atoms with E-state index in [-0.39, 0.29) is 26.1 Å². The molecule has 0 amide bonds. The summed E-state index contributed by atoms with van der Waals surface area (Å²) in [6.07, 6.45) is 22.0. The summed E-state index contributed by atoms with van der Waals surface area (Å²) in [6, 6.07) is 0. The highest BCUT2D eigenvalue weighted by Gasteiger charge is 2.47. The third-order valence-electron chi connectivity index (χ3n) is 12.4. The number of carbonyl (C=O) groups is 2. The fourth-order valence-corrected chi connectivity index (χ4v) is 8.13. The van der Waals surface area contributed by atoms with Crippen molar-refractivity contribution < 1.29 is 73.8 Å². The molecule has 0 aromatic rings. The third kappa shape index (κ3) is 26.7. The van der Waals surface area contributed by atoms with Crippen molar-refractivity contribution in [2.45, 2.75) is 261 Å². The molecule has 2 rings (SSSR count). The molecule has 0 saturated carbocycles. The van der Waals surface area contributed by atoms with Gasteiger partial charge in [0.05, 0.1) is 19.8 Å². The zero-order valence-corrected chi connectivity index (χ0v) is 40.7. The van der Waals surface area contributed by atoms with Gasteiger partial charge < -0.3 is 64.2 Å². The molecule has 7 N–H and O–H groups in total. The molecular weight excluding hydrogens is 853 g/mol. The molecule has 11 atom stereocenters. The van der Waals surface area contributed by atoms with Gasteiger partial charge in [0, 0.05) is 12.8 Å². The van der Waals surface area contributed by atoms with E-state index in [4.69, 9.17) is 28.4 Å². The fraction of sp³-hybridized carbons (Fsp3) is 0.882. The van der Waals surface area contributed by atoms with Crippen molar-refractivity contribution >= 4 is 11.9 Å². The molecule has 386 valence electrons. The van der Waals surface area contributed by atoms with E-state index in [0.29, 0.717) is 12.8 Å². The van der Waals surface area contributed by atoms with Crippen LogP contribution in [0, 0.1) is 0 Å². The van der Waals surface area contributed by atoms with Crippen LogP contribution >= 0.6 is 0 Å². The van der Waals surface area contributed by atoms with Crippen molar-refractivity contribution in [1.29, 1.82) is 0 Å². The number of ether oxygens (including phenoxy) is 6. The van der Waals surface area contributed by atoms with E-state index in [2.05, 4.69) is 38.2 Å². The van der Waals surface area contributed by atoms with E-state index < -0.39 is 92.7 Å². The topological polar surface area (TPSA) is 231 Å². The number of hydrogen-bond donors (Lipinski definition) is 7. The maximum absolute atomic E-state index is 13.0. The van der Waals surface area contributed by atoms with E-state index in [9.17, 15) is 45.3 Å². The Morgan fingerprint density at radius 1 is 0.485 bits per heavy atom. The lowest BCUT2D eigenvalue weighted by Gasteiger charge is -2.42. The Balaban J connectivity index is 1.81. The van der Waals surface area contributed by atoms with Crippen molar-refractivity contribution in [3.63, 3.8) is 0 Å². The smallest absolute Gasteiger partial charge is 0.306 e. The molecule has 0 aliphatic carbocycles. The molecule has 15 heteroatoms. The molecule has 66 heavy (non-hydrogen) atoms. The normalized spacial score (nSPS) is 26.3. The molecule has 0 aromatic heterocycles. The number of allylic oxidation sites excluding steroid dienone is 4. The van der Waals surface area contributed by atoms with Crippen LogP contribution in [0.3, 0.4) is 0 Å². The number of rotatable bonds is 40. The minimum atomic E-state index is -1.76. The molecule has 2 aliphatic heterocycles. The first-order chi connectivity index (χ1) is 32.0. The summed E-state index contributed by atoms with van der Waals surface area (Å²) < 4.78 is 33.6. The van der Waals surface area contributed by atoms with Crippen LogP contribution in [0.1, 0.15) is 194 Å². The van der Waals surface area contributed by atoms with Crippen LogP contribution < -0.4 is 0 Å². The molecule has 2 fully saturated rings. The summed E-state index contributed by atoms with van der Waals surface area (Å²) >= 11 is 0. The first-order valence-corrected chi connectivity index (χ1v) is 25.9. The number of aliphatic hydroxyl groups excluding tert-OH is 7. The highest BCUT2D eigenvalue weighted by atomic mass is 16.7. The lowest BCUT2D eigenvalue weighted by atomic mass is 9.98. The molecule has 2 heterocycles. The van der Waals surface area contributed by atoms with Gasteiger partial charge in [-0.3, -0.25) is 9.59 Å². The lowest BCUT2D eigenvalue weighted by Crippen LogP contribution is -2.61. The molecular formula is C51H92O15. The van der Waals surface area contributed by atoms with Gasteiger partial charge >= 0.3 is 11.9 Å². The summed E-state index contributed by atoms with van der Waals surface area (Å²) in [7, 11) is 0. The van der Waals surface area contributed by atoms with Gasteiger partial charge in [-0.25, -0.2) is 0 Å². The van der Waals surface area contributed by atoms with Crippen molar-refractivity contribution in [2.24, 2.45) is 0 Å². The highest BCUT2D eigenvalue weighted by Crippen LogP contribution is 2.26. The largest absolute Gasteiger partial charge is 0.462 e. The monoisotopic (exact) mass is 945 g/mol. The molecule has 0 aromatic carbocycles. The number of unbranched alkanes of at least 4 members (excludes halogenated alkanes) is 22. The van der Waals surface area contributed by atoms with Crippen LogP contribution in [0.5, 0.6) is 0 Å². The van der Waals surface area contributed by atoms with Gasteiger partial charge in [0.15, 0.2) is 18.7 Å². The lowest BCUT2D eigenvalue weighted by molar-refractivity contribution is -0.332. The van der Waals surface area contributed by atoms with Crippen LogP contribution in [-0.4, -0.2) is 142 Å². The van der Waals surface area contributed by atoms with Crippen LogP contribution in [0.25, 0.3) is 0 Å². The van der Waals surface area contributed by atoms with E-state index in [1.807, 2.05) is 0 Å². The quantitative estimate of drug-likeness (QED) is 0.0184. The average molecular weight is 945 g/mol. The Kier molecular flexibility index (Phi) is 35.3. The zero-order valence-electron chi connectivity index (χ0n) is 40.7. The van der Waals surface area contributed by atoms with Crippen molar-refractivity contribution in [3.05, 3.63) is 24.3 Å². The van der Waals surface area contributed by atoms with Gasteiger partial charge in [-0.15, -0.1) is 0 Å². The summed E-state index contributed by atoms with van der Waals surface area (Å²) in [4.78, 5) is 25.7. The molecule has 0 spiro atoms. The van der Waals surface area contributed by atoms with Crippen molar-refractivity contribution in [2.75, 3.05) is 26.4 Å². The van der Waals surface area contributed by atoms with Gasteiger partial charge in [-0.2, -0.15) is 0 Å². The van der Waals surface area contributed by atoms with E-state index in [1.54, 1.807) is 0 Å². The second-order valence-electron chi connectivity index (χ2n) is 18.4. The van der Waals surface area contributed by atoms with Crippen LogP contribution in [-0.2, 0) is 38.0 Å². The minimum absolute atomic E-state index is 0.166. The molecule has 15 nitrogen and oxygen atoms in total. The van der Waals surface area contributed by atoms with Crippen molar-refractivity contribution in [3.8, 4) is 0 Å². The van der Waals surface area contributed by atoms with Crippen LogP contribution in [0.2, 0.25) is 0 Å². The first-order valence-electron chi connectivity index (χ1n) is 25.9. The minimum Gasteiger partial charge on any atom is -0.462 e. The Bertz CT molecular complexity index is 1250. The summed E-state index contributed by atoms with van der Waals surface area (Å²) in [5, 5.41) is 72.1. The Morgan fingerprint density at radius 2 is 0.909 bits per heavy atom. The van der Waals surface area contributed by atoms with Gasteiger partial charge in [0.1, 0.15) is 55.4 Å². The second-order valence-corrected chi connectivity index (χ2v) is 18.4. The summed E-state index contributed by atoms with van der Waals surface area (Å²) in [5.74, 6) is -0.934. The molecule has 0 bridgehead atoms. The van der Waals surface area contributed by atoms with E-state index in [1.165, 1.54) is 89.9 Å². The second kappa shape index (κ2) is 38.8. The summed E-state index contributed by atoms with van der Waals surface area (Å²) in [5.41, 5.74) is 0. The number of esters is 2. The first kappa shape index (κ1) is 60.1. The van der Waals surface area contributed by atoms with Crippen LogP contribution in [0.15, 0.2) is 24.3 Å². The number of aliphatic hydroxyl groups is 7. The number of hydrogen-bond acceptors (Lipinski definition) is 15. The Labute approximate surface area is 396 Å². The number of carbonyl (C=O) groups excluding carboxylic acids is 2. The maximum atomic E-state index is 13.0.